The second kappa shape index (κ2) is 8.53. The summed E-state index contributed by atoms with van der Waals surface area (Å²) in [5, 5.41) is 13.4. The Balaban J connectivity index is 2.17. The average molecular weight is 275 g/mol. The average Bonchev–Trinajstić information content (AvgIpc) is 2.49. The topological polar surface area (TPSA) is 91.2 Å². The molecule has 1 aromatic carbocycles. The fourth-order valence-electron chi connectivity index (χ4n) is 1.30. The summed E-state index contributed by atoms with van der Waals surface area (Å²) in [7, 11) is 0. The Morgan fingerprint density at radius 1 is 1.30 bits per heavy atom. The number of amides is 2. The molecule has 106 valence electrons. The number of carbonyl (C=O) groups is 2. The molecular formula is C14H17N3O3. The number of nitrogens with one attached hydrogen (secondary N) is 2. The van der Waals surface area contributed by atoms with Gasteiger partial charge in [0.15, 0.2) is 0 Å². The van der Waals surface area contributed by atoms with Crippen LogP contribution in [0.15, 0.2) is 30.3 Å². The van der Waals surface area contributed by atoms with Gasteiger partial charge in [-0.25, -0.2) is 4.79 Å². The Labute approximate surface area is 117 Å². The van der Waals surface area contributed by atoms with E-state index in [-0.39, 0.29) is 31.5 Å². The van der Waals surface area contributed by atoms with Crippen LogP contribution in [-0.2, 0) is 16.1 Å². The molecule has 0 bridgehead atoms. The summed E-state index contributed by atoms with van der Waals surface area (Å²) < 4.78 is 4.94. The fourth-order valence-corrected chi connectivity index (χ4v) is 1.30. The molecule has 0 spiro atoms. The predicted molar refractivity (Wildman–Crippen MR) is 72.4 cm³/mol. The standard InChI is InChI=1S/C14H17N3O3/c1-11(7-15)8-16-13(18)9-17-14(19)20-10-12-5-3-2-4-6-12/h2-6,11H,8-10H2,1H3,(H,16,18)(H,17,19)/t11-/m1/s1. The predicted octanol–water partition coefficient (Wildman–Crippen LogP) is 1.19. The smallest absolute Gasteiger partial charge is 0.407 e. The minimum atomic E-state index is -0.655. The third kappa shape index (κ3) is 6.40. The van der Waals surface area contributed by atoms with Crippen molar-refractivity contribution >= 4 is 12.0 Å². The van der Waals surface area contributed by atoms with Gasteiger partial charge in [-0.05, 0) is 12.5 Å². The maximum atomic E-state index is 11.4. The number of hydrogen-bond donors (Lipinski definition) is 2. The van der Waals surface area contributed by atoms with E-state index >= 15 is 0 Å². The van der Waals surface area contributed by atoms with Gasteiger partial charge in [-0.1, -0.05) is 30.3 Å². The molecule has 2 N–H and O–H groups in total. The molecule has 0 fully saturated rings. The van der Waals surface area contributed by atoms with Gasteiger partial charge in [0.25, 0.3) is 0 Å². The molecule has 6 heteroatoms. The van der Waals surface area contributed by atoms with Crippen LogP contribution in [0.4, 0.5) is 4.79 Å². The molecule has 20 heavy (non-hydrogen) atoms. The molecule has 0 aliphatic rings. The highest BCUT2D eigenvalue weighted by Crippen LogP contribution is 2.00. The second-order valence-corrected chi connectivity index (χ2v) is 4.25. The summed E-state index contributed by atoms with van der Waals surface area (Å²) in [5.41, 5.74) is 0.870. The molecule has 0 aliphatic carbocycles. The molecule has 0 aliphatic heterocycles. The van der Waals surface area contributed by atoms with Crippen LogP contribution in [0, 0.1) is 17.2 Å². The number of nitrogens with zero attached hydrogens (tertiary/aromatic N) is 1. The molecule has 1 rings (SSSR count). The van der Waals surface area contributed by atoms with Crippen molar-refractivity contribution in [1.29, 1.82) is 5.26 Å². The van der Waals surface area contributed by atoms with E-state index in [1.807, 2.05) is 36.4 Å². The van der Waals surface area contributed by atoms with Crippen LogP contribution in [0.25, 0.3) is 0 Å². The highest BCUT2D eigenvalue weighted by atomic mass is 16.5. The molecule has 1 atom stereocenters. The SMILES string of the molecule is C[C@H](C#N)CNC(=O)CNC(=O)OCc1ccccc1. The van der Waals surface area contributed by atoms with Crippen molar-refractivity contribution in [3.05, 3.63) is 35.9 Å². The van der Waals surface area contributed by atoms with Crippen molar-refractivity contribution in [2.45, 2.75) is 13.5 Å². The molecule has 0 radical (unpaired) electrons. The van der Waals surface area contributed by atoms with E-state index in [2.05, 4.69) is 10.6 Å². The third-order valence-corrected chi connectivity index (χ3v) is 2.43. The lowest BCUT2D eigenvalue weighted by atomic mass is 10.2. The Morgan fingerprint density at radius 3 is 2.65 bits per heavy atom. The summed E-state index contributed by atoms with van der Waals surface area (Å²) in [6.45, 7) is 1.93. The molecule has 0 aromatic heterocycles. The van der Waals surface area contributed by atoms with Crippen LogP contribution >= 0.6 is 0 Å². The van der Waals surface area contributed by atoms with Crippen LogP contribution in [0.2, 0.25) is 0 Å². The zero-order valence-electron chi connectivity index (χ0n) is 11.3. The Kier molecular flexibility index (Phi) is 6.62. The van der Waals surface area contributed by atoms with Gasteiger partial charge in [0.2, 0.25) is 5.91 Å². The van der Waals surface area contributed by atoms with Crippen LogP contribution < -0.4 is 10.6 Å². The molecule has 0 heterocycles. The van der Waals surface area contributed by atoms with E-state index in [0.29, 0.717) is 0 Å². The minimum absolute atomic E-state index is 0.153. The van der Waals surface area contributed by atoms with E-state index in [0.717, 1.165) is 5.56 Å². The normalized spacial score (nSPS) is 11.0. The van der Waals surface area contributed by atoms with Gasteiger partial charge in [-0.15, -0.1) is 0 Å². The van der Waals surface area contributed by atoms with Gasteiger partial charge in [0.05, 0.1) is 18.5 Å². The molecule has 1 aromatic rings. The van der Waals surface area contributed by atoms with Crippen LogP contribution in [0.3, 0.4) is 0 Å². The van der Waals surface area contributed by atoms with E-state index in [1.54, 1.807) is 6.92 Å². The lowest BCUT2D eigenvalue weighted by molar-refractivity contribution is -0.120. The van der Waals surface area contributed by atoms with Crippen LogP contribution in [-0.4, -0.2) is 25.1 Å². The number of alkyl carbamates (subject to hydrolysis) is 1. The van der Waals surface area contributed by atoms with Gasteiger partial charge in [0, 0.05) is 6.54 Å². The van der Waals surface area contributed by atoms with Gasteiger partial charge in [-0.2, -0.15) is 5.26 Å². The molecule has 0 unspecified atom stereocenters. The summed E-state index contributed by atoms with van der Waals surface area (Å²) in [5.74, 6) is -0.618. The Morgan fingerprint density at radius 2 is 2.00 bits per heavy atom. The lowest BCUT2D eigenvalue weighted by Crippen LogP contribution is -2.38. The second-order valence-electron chi connectivity index (χ2n) is 4.25. The largest absolute Gasteiger partial charge is 0.445 e. The molecule has 6 nitrogen and oxygen atoms in total. The van der Waals surface area contributed by atoms with Gasteiger partial charge < -0.3 is 15.4 Å². The van der Waals surface area contributed by atoms with E-state index in [1.165, 1.54) is 0 Å². The highest BCUT2D eigenvalue weighted by Gasteiger charge is 2.07. The van der Waals surface area contributed by atoms with Crippen molar-refractivity contribution in [3.63, 3.8) is 0 Å². The van der Waals surface area contributed by atoms with Gasteiger partial charge >= 0.3 is 6.09 Å². The van der Waals surface area contributed by atoms with Crippen molar-refractivity contribution in [2.75, 3.05) is 13.1 Å². The molecule has 0 saturated carbocycles. The number of hydrogen-bond acceptors (Lipinski definition) is 4. The maximum absolute atomic E-state index is 11.4. The first-order valence-corrected chi connectivity index (χ1v) is 6.22. The van der Waals surface area contributed by atoms with Crippen molar-refractivity contribution in [3.8, 4) is 6.07 Å². The number of benzene rings is 1. The maximum Gasteiger partial charge on any atom is 0.407 e. The molecule has 2 amide bonds. The molecular weight excluding hydrogens is 258 g/mol. The number of ether oxygens (including phenoxy) is 1. The van der Waals surface area contributed by atoms with Crippen LogP contribution in [0.1, 0.15) is 12.5 Å². The van der Waals surface area contributed by atoms with Crippen molar-refractivity contribution < 1.29 is 14.3 Å². The van der Waals surface area contributed by atoms with Gasteiger partial charge in [-0.3, -0.25) is 4.79 Å². The monoisotopic (exact) mass is 275 g/mol. The first-order chi connectivity index (χ1) is 9.61. The summed E-state index contributed by atoms with van der Waals surface area (Å²) >= 11 is 0. The van der Waals surface area contributed by atoms with Gasteiger partial charge in [0.1, 0.15) is 6.61 Å². The quantitative estimate of drug-likeness (QED) is 0.815. The third-order valence-electron chi connectivity index (χ3n) is 2.43. The number of nitriles is 1. The summed E-state index contributed by atoms with van der Waals surface area (Å²) in [6, 6.07) is 11.2. The summed E-state index contributed by atoms with van der Waals surface area (Å²) in [4.78, 5) is 22.7. The summed E-state index contributed by atoms with van der Waals surface area (Å²) in [6.07, 6.45) is -0.655. The lowest BCUT2D eigenvalue weighted by Gasteiger charge is -2.08. The Bertz CT molecular complexity index is 482. The van der Waals surface area contributed by atoms with Crippen molar-refractivity contribution in [1.82, 2.24) is 10.6 Å². The number of rotatable bonds is 6. The highest BCUT2D eigenvalue weighted by molar-refractivity contribution is 5.82. The van der Waals surface area contributed by atoms with E-state index in [9.17, 15) is 9.59 Å². The fraction of sp³-hybridized carbons (Fsp3) is 0.357. The van der Waals surface area contributed by atoms with Crippen molar-refractivity contribution in [2.24, 2.45) is 5.92 Å². The first kappa shape index (κ1) is 15.5. The zero-order valence-corrected chi connectivity index (χ0v) is 11.3. The first-order valence-electron chi connectivity index (χ1n) is 6.22. The minimum Gasteiger partial charge on any atom is -0.445 e. The zero-order chi connectivity index (χ0) is 14.8. The Hall–Kier alpha value is -2.55. The molecule has 0 saturated heterocycles. The van der Waals surface area contributed by atoms with E-state index < -0.39 is 6.09 Å². The van der Waals surface area contributed by atoms with Crippen LogP contribution in [0.5, 0.6) is 0 Å². The number of carbonyl (C=O) groups excluding carboxylic acids is 2. The van der Waals surface area contributed by atoms with E-state index in [4.69, 9.17) is 10.00 Å².